The SMILES string of the molecule is O=C(O)CN(CCN(CC(=O)O)CC(=O)OC(=O)CN(CCN(CC(=O)O)CC(=O)ON(CC(=O)O)CC(=O)O)CC(=O)ON(CC(=O)O)CC(=O)O)CC(=O)O.OCCO.OCCO. The van der Waals surface area contributed by atoms with Gasteiger partial charge in [0.25, 0.3) is 0 Å². The predicted octanol–water partition coefficient (Wildman–Crippen LogP) is -8.60. The number of carbonyl (C=O) groups excluding carboxylic acids is 4. The van der Waals surface area contributed by atoms with Crippen LogP contribution >= 0.6 is 0 Å². The lowest BCUT2D eigenvalue weighted by Gasteiger charge is -2.26. The summed E-state index contributed by atoms with van der Waals surface area (Å²) in [4.78, 5) is 153. The topological polar surface area (TPSA) is 495 Å². The van der Waals surface area contributed by atoms with Gasteiger partial charge in [-0.25, -0.2) is 9.59 Å². The van der Waals surface area contributed by atoms with E-state index in [1.807, 2.05) is 0 Å². The first kappa shape index (κ1) is 62.7. The Labute approximate surface area is 365 Å². The molecule has 0 aromatic rings. The third kappa shape index (κ3) is 41.2. The molecule has 33 nitrogen and oxygen atoms in total. The Hall–Kier alpha value is -6.56. The van der Waals surface area contributed by atoms with Crippen molar-refractivity contribution in [1.29, 1.82) is 0 Å². The number of ether oxygens (including phenoxy) is 1. The van der Waals surface area contributed by atoms with Crippen LogP contribution in [0.25, 0.3) is 0 Å². The fourth-order valence-electron chi connectivity index (χ4n) is 4.30. The number of carboxylic acids is 8. The summed E-state index contributed by atoms with van der Waals surface area (Å²) in [5.74, 6) is -17.9. The average Bonchev–Trinajstić information content (AvgIpc) is 3.13. The molecule has 65 heavy (non-hydrogen) atoms. The predicted molar refractivity (Wildman–Crippen MR) is 202 cm³/mol. The zero-order valence-corrected chi connectivity index (χ0v) is 34.3. The van der Waals surface area contributed by atoms with Crippen LogP contribution in [0.1, 0.15) is 0 Å². The van der Waals surface area contributed by atoms with Gasteiger partial charge in [0.15, 0.2) is 0 Å². The Kier molecular flexibility index (Phi) is 35.6. The van der Waals surface area contributed by atoms with E-state index in [2.05, 4.69) is 4.74 Å². The summed E-state index contributed by atoms with van der Waals surface area (Å²) in [6, 6.07) is 0. The summed E-state index contributed by atoms with van der Waals surface area (Å²) < 4.78 is 4.68. The van der Waals surface area contributed by atoms with Crippen LogP contribution in [0.4, 0.5) is 0 Å². The second-order valence-corrected chi connectivity index (χ2v) is 12.3. The molecule has 0 aliphatic carbocycles. The minimum atomic E-state index is -1.63. The van der Waals surface area contributed by atoms with Crippen LogP contribution < -0.4 is 0 Å². The summed E-state index contributed by atoms with van der Waals surface area (Å²) in [5, 5.41) is 103. The number of hydrogen-bond acceptors (Lipinski definition) is 25. The molecule has 0 amide bonds. The van der Waals surface area contributed by atoms with Crippen molar-refractivity contribution in [2.24, 2.45) is 0 Å². The average molecular weight is 953 g/mol. The van der Waals surface area contributed by atoms with E-state index in [9.17, 15) is 67.7 Å². The Morgan fingerprint density at radius 2 is 0.462 bits per heavy atom. The van der Waals surface area contributed by atoms with Crippen molar-refractivity contribution in [3.05, 3.63) is 0 Å². The zero-order valence-electron chi connectivity index (χ0n) is 34.3. The summed E-state index contributed by atoms with van der Waals surface area (Å²) in [5.41, 5.74) is 0. The summed E-state index contributed by atoms with van der Waals surface area (Å²) in [6.45, 7) is -14.2. The first-order valence-electron chi connectivity index (χ1n) is 18.0. The van der Waals surface area contributed by atoms with Crippen molar-refractivity contribution in [3.8, 4) is 0 Å². The van der Waals surface area contributed by atoms with Gasteiger partial charge < -0.3 is 75.7 Å². The monoisotopic (exact) mass is 952 g/mol. The lowest BCUT2D eigenvalue weighted by molar-refractivity contribution is -0.200. The number of esters is 2. The number of rotatable bonds is 34. The van der Waals surface area contributed by atoms with Crippen LogP contribution in [-0.4, -0.2) is 294 Å². The van der Waals surface area contributed by atoms with Crippen molar-refractivity contribution in [1.82, 2.24) is 29.7 Å². The highest BCUT2D eigenvalue weighted by Crippen LogP contribution is 2.02. The van der Waals surface area contributed by atoms with Crippen LogP contribution in [0.15, 0.2) is 0 Å². The molecular formula is C32H52N6O27. The van der Waals surface area contributed by atoms with E-state index >= 15 is 0 Å². The summed E-state index contributed by atoms with van der Waals surface area (Å²) >= 11 is 0. The molecule has 12 N–H and O–H groups in total. The molecule has 0 rings (SSSR count). The molecule has 0 aliphatic rings. The summed E-state index contributed by atoms with van der Waals surface area (Å²) in [7, 11) is 0. The van der Waals surface area contributed by atoms with E-state index in [1.54, 1.807) is 0 Å². The molecule has 0 bridgehead atoms. The van der Waals surface area contributed by atoms with Gasteiger partial charge in [0.05, 0.1) is 78.8 Å². The van der Waals surface area contributed by atoms with E-state index in [-0.39, 0.29) is 43.1 Å². The molecule has 0 unspecified atom stereocenters. The molecule has 0 heterocycles. The minimum Gasteiger partial charge on any atom is -0.480 e. The van der Waals surface area contributed by atoms with Crippen LogP contribution in [0, 0.1) is 0 Å². The van der Waals surface area contributed by atoms with Gasteiger partial charge in [0.1, 0.15) is 26.2 Å². The molecule has 0 fully saturated rings. The second-order valence-electron chi connectivity index (χ2n) is 12.3. The maximum Gasteiger partial charge on any atom is 0.339 e. The number of hydrogen-bond donors (Lipinski definition) is 12. The van der Waals surface area contributed by atoms with E-state index in [4.69, 9.17) is 60.7 Å². The lowest BCUT2D eigenvalue weighted by Crippen LogP contribution is -2.47. The van der Waals surface area contributed by atoms with Crippen LogP contribution in [0.5, 0.6) is 0 Å². The van der Waals surface area contributed by atoms with E-state index in [0.717, 1.165) is 19.6 Å². The molecule has 0 saturated carbocycles. The van der Waals surface area contributed by atoms with Crippen LogP contribution in [0.2, 0.25) is 0 Å². The standard InChI is InChI=1S/C28H40N6O23.2C2H6O2/c35-17(36)5-29(6-18(37)38)1-2-30(7-19(39)40)13-25(51)55-26(52)14-32(16-28(54)57-34(11-23(47)48)12-24(49)50)4-3-31(8-20(41)42)15-27(53)56-33(9-21(43)44)10-22(45)46;2*3-1-2-4/h1-16H2,(H,35,36)(H,37,38)(H,39,40)(H,41,42)(H,43,44)(H,45,46)(H,47,48)(H,49,50);2*3-4H,1-2H2. The first-order chi connectivity index (χ1) is 30.3. The number of carbonyl (C=O) groups is 12. The highest BCUT2D eigenvalue weighted by Gasteiger charge is 2.27. The van der Waals surface area contributed by atoms with Gasteiger partial charge in [0, 0.05) is 26.2 Å². The molecule has 0 aromatic carbocycles. The maximum atomic E-state index is 12.8. The number of hydroxylamine groups is 4. The lowest BCUT2D eigenvalue weighted by atomic mass is 10.3. The molecule has 0 radical (unpaired) electrons. The molecule has 0 aromatic heterocycles. The van der Waals surface area contributed by atoms with Gasteiger partial charge in [-0.15, -0.1) is 10.1 Å². The quantitative estimate of drug-likeness (QED) is 0.0162. The van der Waals surface area contributed by atoms with Gasteiger partial charge in [-0.05, 0) is 0 Å². The Morgan fingerprint density at radius 3 is 0.662 bits per heavy atom. The summed E-state index contributed by atoms with van der Waals surface area (Å²) in [6.07, 6.45) is 0. The van der Waals surface area contributed by atoms with Crippen LogP contribution in [0.3, 0.4) is 0 Å². The molecule has 0 saturated heterocycles. The second kappa shape index (κ2) is 36.9. The van der Waals surface area contributed by atoms with E-state index in [1.165, 1.54) is 0 Å². The Morgan fingerprint density at radius 1 is 0.277 bits per heavy atom. The normalized spacial score (nSPS) is 10.7. The molecule has 0 aliphatic heterocycles. The third-order valence-electron chi connectivity index (χ3n) is 6.45. The van der Waals surface area contributed by atoms with Crippen molar-refractivity contribution >= 4 is 71.6 Å². The van der Waals surface area contributed by atoms with Crippen molar-refractivity contribution in [2.45, 2.75) is 0 Å². The van der Waals surface area contributed by atoms with Crippen molar-refractivity contribution < 1.29 is 133 Å². The largest absolute Gasteiger partial charge is 0.480 e. The maximum absolute atomic E-state index is 12.8. The number of carboxylic acid groups (broad SMARTS) is 8. The Bertz CT molecular complexity index is 1520. The number of aliphatic hydroxyl groups excluding tert-OH is 4. The van der Waals surface area contributed by atoms with Crippen molar-refractivity contribution in [2.75, 3.05) is 131 Å². The minimum absolute atomic E-state index is 0.125. The van der Waals surface area contributed by atoms with Gasteiger partial charge in [-0.1, -0.05) is 0 Å². The molecular weight excluding hydrogens is 900 g/mol. The molecule has 0 atom stereocenters. The fourth-order valence-corrected chi connectivity index (χ4v) is 4.30. The fraction of sp³-hybridized carbons (Fsp3) is 0.625. The molecule has 372 valence electrons. The van der Waals surface area contributed by atoms with Crippen LogP contribution in [-0.2, 0) is 71.9 Å². The van der Waals surface area contributed by atoms with Gasteiger partial charge in [-0.2, -0.15) is 0 Å². The van der Waals surface area contributed by atoms with E-state index < -0.39 is 170 Å². The van der Waals surface area contributed by atoms with Crippen molar-refractivity contribution in [3.63, 3.8) is 0 Å². The van der Waals surface area contributed by atoms with E-state index in [0.29, 0.717) is 0 Å². The zero-order chi connectivity index (χ0) is 50.7. The number of aliphatic carboxylic acids is 8. The first-order valence-corrected chi connectivity index (χ1v) is 18.0. The Balaban J connectivity index is -0.00000440. The van der Waals surface area contributed by atoms with Gasteiger partial charge in [0.2, 0.25) is 0 Å². The molecule has 0 spiro atoms. The number of nitrogens with zero attached hydrogens (tertiary/aromatic N) is 6. The highest BCUT2D eigenvalue weighted by atomic mass is 16.7. The van der Waals surface area contributed by atoms with Gasteiger partial charge >= 0.3 is 71.6 Å². The molecule has 33 heteroatoms. The number of aliphatic hydroxyl groups is 4. The smallest absolute Gasteiger partial charge is 0.339 e. The van der Waals surface area contributed by atoms with Gasteiger partial charge in [-0.3, -0.25) is 67.5 Å². The highest BCUT2D eigenvalue weighted by molar-refractivity contribution is 5.88. The third-order valence-corrected chi connectivity index (χ3v) is 6.45.